The molecule has 0 aliphatic rings. The van der Waals surface area contributed by atoms with Gasteiger partial charge < -0.3 is 10.1 Å². The highest BCUT2D eigenvalue weighted by Gasteiger charge is 2.35. The third kappa shape index (κ3) is 4.26. The summed E-state index contributed by atoms with van der Waals surface area (Å²) in [7, 11) is 0. The first-order chi connectivity index (χ1) is 11.1. The lowest BCUT2D eigenvalue weighted by Gasteiger charge is -2.33. The summed E-state index contributed by atoms with van der Waals surface area (Å²) >= 11 is 5.84. The molecule has 24 heavy (non-hydrogen) atoms. The minimum Gasteiger partial charge on any atom is -0.478 e. The Kier molecular flexibility index (Phi) is 5.19. The summed E-state index contributed by atoms with van der Waals surface area (Å²) in [5, 5.41) is 3.44. The highest BCUT2D eigenvalue weighted by Crippen LogP contribution is 2.26. The van der Waals surface area contributed by atoms with Crippen LogP contribution in [0.15, 0.2) is 48.5 Å². The van der Waals surface area contributed by atoms with Gasteiger partial charge in [0, 0.05) is 10.6 Å². The first-order valence-corrected chi connectivity index (χ1v) is 8.02. The molecule has 0 fully saturated rings. The number of ether oxygens (including phenoxy) is 1. The summed E-state index contributed by atoms with van der Waals surface area (Å²) in [6.45, 7) is 6.83. The zero-order chi connectivity index (χ0) is 18.0. The zero-order valence-electron chi connectivity index (χ0n) is 14.2. The molecule has 0 saturated carbocycles. The van der Waals surface area contributed by atoms with E-state index in [9.17, 15) is 9.18 Å². The predicted molar refractivity (Wildman–Crippen MR) is 93.7 cm³/mol. The Morgan fingerprint density at radius 3 is 2.21 bits per heavy atom. The largest absolute Gasteiger partial charge is 0.478 e. The quantitative estimate of drug-likeness (QED) is 0.850. The monoisotopic (exact) mass is 349 g/mol. The Morgan fingerprint density at radius 1 is 1.04 bits per heavy atom. The Hall–Kier alpha value is -2.07. The number of benzene rings is 2. The van der Waals surface area contributed by atoms with Crippen LogP contribution in [0.2, 0.25) is 5.02 Å². The molecule has 3 nitrogen and oxygen atoms in total. The molecule has 0 aliphatic carbocycles. The number of carbonyl (C=O) groups excluding carboxylic acids is 1. The number of hydrogen-bond donors (Lipinski definition) is 1. The highest BCUT2D eigenvalue weighted by molar-refractivity contribution is 6.30. The average Bonchev–Trinajstić information content (AvgIpc) is 2.49. The third-order valence-corrected chi connectivity index (χ3v) is 3.96. The van der Waals surface area contributed by atoms with Crippen LogP contribution in [0.1, 0.15) is 33.3 Å². The SMILES string of the molecule is CC(C)(Oc1ccc(Cl)cc1)C(=O)NC(C)(C)c1ccccc1F. The molecule has 0 aliphatic heterocycles. The summed E-state index contributed by atoms with van der Waals surface area (Å²) in [6.07, 6.45) is 0. The molecule has 0 unspecified atom stereocenters. The van der Waals surface area contributed by atoms with Crippen molar-refractivity contribution < 1.29 is 13.9 Å². The van der Waals surface area contributed by atoms with Gasteiger partial charge in [-0.15, -0.1) is 0 Å². The van der Waals surface area contributed by atoms with E-state index in [1.807, 2.05) is 0 Å². The number of rotatable bonds is 5. The maximum Gasteiger partial charge on any atom is 0.264 e. The second-order valence-corrected chi connectivity index (χ2v) is 7.06. The molecule has 1 amide bonds. The fourth-order valence-corrected chi connectivity index (χ4v) is 2.44. The van der Waals surface area contributed by atoms with Crippen molar-refractivity contribution in [1.29, 1.82) is 0 Å². The van der Waals surface area contributed by atoms with Crippen molar-refractivity contribution >= 4 is 17.5 Å². The van der Waals surface area contributed by atoms with E-state index in [1.165, 1.54) is 6.07 Å². The molecule has 128 valence electrons. The summed E-state index contributed by atoms with van der Waals surface area (Å²) in [6, 6.07) is 13.1. The molecule has 0 spiro atoms. The van der Waals surface area contributed by atoms with Gasteiger partial charge in [-0.3, -0.25) is 4.79 Å². The zero-order valence-corrected chi connectivity index (χ0v) is 14.9. The number of nitrogens with one attached hydrogen (secondary N) is 1. The fourth-order valence-electron chi connectivity index (χ4n) is 2.31. The molecule has 2 aromatic rings. The smallest absolute Gasteiger partial charge is 0.264 e. The summed E-state index contributed by atoms with van der Waals surface area (Å²) in [4.78, 5) is 12.7. The predicted octanol–water partition coefficient (Wildman–Crippen LogP) is 4.69. The standard InChI is InChI=1S/C19H21ClFNO2/c1-18(2,15-7-5-6-8-16(15)21)22-17(23)19(3,4)24-14-11-9-13(20)10-12-14/h5-12H,1-4H3,(H,22,23). The van der Waals surface area contributed by atoms with Gasteiger partial charge in [-0.2, -0.15) is 0 Å². The van der Waals surface area contributed by atoms with Crippen LogP contribution in [0.25, 0.3) is 0 Å². The van der Waals surface area contributed by atoms with E-state index >= 15 is 0 Å². The third-order valence-electron chi connectivity index (χ3n) is 3.71. The van der Waals surface area contributed by atoms with Crippen LogP contribution in [0.5, 0.6) is 5.75 Å². The van der Waals surface area contributed by atoms with Crippen molar-refractivity contribution in [3.8, 4) is 5.75 Å². The molecule has 0 aromatic heterocycles. The van der Waals surface area contributed by atoms with Crippen molar-refractivity contribution in [2.24, 2.45) is 0 Å². The van der Waals surface area contributed by atoms with Gasteiger partial charge in [0.25, 0.3) is 5.91 Å². The summed E-state index contributed by atoms with van der Waals surface area (Å²) in [5.74, 6) is -0.173. The second kappa shape index (κ2) is 6.81. The molecule has 0 radical (unpaired) electrons. The maximum atomic E-state index is 14.0. The fraction of sp³-hybridized carbons (Fsp3) is 0.316. The molecule has 1 N–H and O–H groups in total. The first kappa shape index (κ1) is 18.3. The van der Waals surface area contributed by atoms with E-state index in [0.29, 0.717) is 16.3 Å². The van der Waals surface area contributed by atoms with Crippen molar-refractivity contribution in [1.82, 2.24) is 5.32 Å². The molecular weight excluding hydrogens is 329 g/mol. The van der Waals surface area contributed by atoms with Gasteiger partial charge in [0.05, 0.1) is 5.54 Å². The Balaban J connectivity index is 2.15. The molecule has 0 heterocycles. The van der Waals surface area contributed by atoms with E-state index in [2.05, 4.69) is 5.32 Å². The molecule has 5 heteroatoms. The Labute approximate surface area is 146 Å². The van der Waals surface area contributed by atoms with Crippen LogP contribution >= 0.6 is 11.6 Å². The normalized spacial score (nSPS) is 11.9. The second-order valence-electron chi connectivity index (χ2n) is 6.63. The number of amides is 1. The van der Waals surface area contributed by atoms with Crippen LogP contribution < -0.4 is 10.1 Å². The van der Waals surface area contributed by atoms with Gasteiger partial charge in [-0.1, -0.05) is 29.8 Å². The van der Waals surface area contributed by atoms with Crippen LogP contribution in [0.4, 0.5) is 4.39 Å². The van der Waals surface area contributed by atoms with E-state index < -0.39 is 11.1 Å². The van der Waals surface area contributed by atoms with Gasteiger partial charge in [0.1, 0.15) is 11.6 Å². The number of halogens is 2. The van der Waals surface area contributed by atoms with Gasteiger partial charge in [0.2, 0.25) is 0 Å². The van der Waals surface area contributed by atoms with E-state index in [1.54, 1.807) is 70.2 Å². The van der Waals surface area contributed by atoms with Crippen LogP contribution in [-0.2, 0) is 10.3 Å². The van der Waals surface area contributed by atoms with Crippen molar-refractivity contribution in [2.45, 2.75) is 38.8 Å². The van der Waals surface area contributed by atoms with Crippen molar-refractivity contribution in [3.63, 3.8) is 0 Å². The van der Waals surface area contributed by atoms with Gasteiger partial charge in [-0.25, -0.2) is 4.39 Å². The molecule has 0 bridgehead atoms. The minimum atomic E-state index is -1.13. The summed E-state index contributed by atoms with van der Waals surface area (Å²) in [5.41, 5.74) is -1.58. The lowest BCUT2D eigenvalue weighted by molar-refractivity contribution is -0.136. The molecule has 0 atom stereocenters. The Morgan fingerprint density at radius 2 is 1.62 bits per heavy atom. The number of hydrogen-bond acceptors (Lipinski definition) is 2. The summed E-state index contributed by atoms with van der Waals surface area (Å²) < 4.78 is 19.8. The van der Waals surface area contributed by atoms with Gasteiger partial charge in [-0.05, 0) is 58.0 Å². The molecular formula is C19H21ClFNO2. The van der Waals surface area contributed by atoms with E-state index in [4.69, 9.17) is 16.3 Å². The van der Waals surface area contributed by atoms with Gasteiger partial charge in [0.15, 0.2) is 5.60 Å². The van der Waals surface area contributed by atoms with Gasteiger partial charge >= 0.3 is 0 Å². The van der Waals surface area contributed by atoms with E-state index in [0.717, 1.165) is 0 Å². The van der Waals surface area contributed by atoms with Crippen molar-refractivity contribution in [3.05, 3.63) is 64.9 Å². The molecule has 2 aromatic carbocycles. The highest BCUT2D eigenvalue weighted by atomic mass is 35.5. The van der Waals surface area contributed by atoms with Crippen LogP contribution in [-0.4, -0.2) is 11.5 Å². The maximum absolute atomic E-state index is 14.0. The Bertz CT molecular complexity index is 726. The minimum absolute atomic E-state index is 0.342. The van der Waals surface area contributed by atoms with Crippen molar-refractivity contribution in [2.75, 3.05) is 0 Å². The number of carbonyl (C=O) groups is 1. The average molecular weight is 350 g/mol. The lowest BCUT2D eigenvalue weighted by Crippen LogP contribution is -2.53. The molecule has 0 saturated heterocycles. The van der Waals surface area contributed by atoms with E-state index in [-0.39, 0.29) is 11.7 Å². The lowest BCUT2D eigenvalue weighted by atomic mass is 9.92. The first-order valence-electron chi connectivity index (χ1n) is 7.64. The topological polar surface area (TPSA) is 38.3 Å². The molecule has 2 rings (SSSR count). The van der Waals surface area contributed by atoms with Crippen LogP contribution in [0.3, 0.4) is 0 Å². The van der Waals surface area contributed by atoms with Crippen LogP contribution in [0, 0.1) is 5.82 Å².